The van der Waals surface area contributed by atoms with Crippen molar-refractivity contribution in [2.24, 2.45) is 4.99 Å². The quantitative estimate of drug-likeness (QED) is 0.241. The number of allylic oxidation sites excluding steroid dienone is 1. The fourth-order valence-corrected chi connectivity index (χ4v) is 6.07. The Hall–Kier alpha value is -5.14. The van der Waals surface area contributed by atoms with Gasteiger partial charge in [0.05, 0.1) is 47.8 Å². The molecule has 1 aliphatic rings. The van der Waals surface area contributed by atoms with Crippen LogP contribution in [0.15, 0.2) is 87.8 Å². The van der Waals surface area contributed by atoms with Gasteiger partial charge in [-0.1, -0.05) is 53.8 Å². The molecular formula is C34H31N3O6S. The molecular weight excluding hydrogens is 578 g/mol. The summed E-state index contributed by atoms with van der Waals surface area (Å²) in [5.74, 6) is 1.02. The number of hydrogen-bond donors (Lipinski definition) is 0. The number of para-hydroxylation sites is 1. The van der Waals surface area contributed by atoms with Gasteiger partial charge < -0.3 is 18.9 Å². The van der Waals surface area contributed by atoms with E-state index >= 15 is 0 Å². The van der Waals surface area contributed by atoms with Crippen LogP contribution in [0.25, 0.3) is 6.08 Å². The highest BCUT2D eigenvalue weighted by Gasteiger charge is 2.36. The van der Waals surface area contributed by atoms with Gasteiger partial charge in [0.15, 0.2) is 16.3 Å². The molecule has 1 unspecified atom stereocenters. The zero-order valence-electron chi connectivity index (χ0n) is 24.8. The van der Waals surface area contributed by atoms with E-state index in [1.165, 1.54) is 15.9 Å². The molecule has 1 aromatic heterocycles. The van der Waals surface area contributed by atoms with Gasteiger partial charge in [-0.3, -0.25) is 9.36 Å². The summed E-state index contributed by atoms with van der Waals surface area (Å²) < 4.78 is 24.8. The van der Waals surface area contributed by atoms with Gasteiger partial charge in [-0.05, 0) is 56.7 Å². The summed E-state index contributed by atoms with van der Waals surface area (Å²) in [6.45, 7) is 6.13. The normalized spacial score (nSPS) is 14.3. The molecule has 0 radical (unpaired) electrons. The average Bonchev–Trinajstić information content (AvgIpc) is 3.34. The zero-order chi connectivity index (χ0) is 31.2. The van der Waals surface area contributed by atoms with Crippen molar-refractivity contribution in [1.82, 2.24) is 4.57 Å². The predicted octanol–water partition coefficient (Wildman–Crippen LogP) is 4.66. The van der Waals surface area contributed by atoms with E-state index in [4.69, 9.17) is 18.9 Å². The fourth-order valence-electron chi connectivity index (χ4n) is 5.02. The molecule has 5 rings (SSSR count). The van der Waals surface area contributed by atoms with Crippen molar-refractivity contribution in [3.8, 4) is 23.3 Å². The smallest absolute Gasteiger partial charge is 0.338 e. The zero-order valence-corrected chi connectivity index (χ0v) is 25.6. The molecule has 0 saturated carbocycles. The standard InChI is InChI=1S/C34H31N3O6S/c1-5-41-31-26(12-9-13-27(31)40-4)30-29(33(39)42-6-2)21(3)36-34-37(30)32(38)28(44-34)18-22-14-16-25(17-15-22)43-20-24-11-8-7-10-23(24)19-35/h7-18,30H,5-6,20H2,1-4H3/b28-18+. The maximum atomic E-state index is 14.0. The fraction of sp³-hybridized carbons (Fsp3) is 0.235. The van der Waals surface area contributed by atoms with Crippen LogP contribution in [0.4, 0.5) is 0 Å². The van der Waals surface area contributed by atoms with Crippen molar-refractivity contribution in [3.05, 3.63) is 120 Å². The summed E-state index contributed by atoms with van der Waals surface area (Å²) in [7, 11) is 1.54. The average molecular weight is 610 g/mol. The Labute approximate surface area is 258 Å². The Bertz CT molecular complexity index is 1950. The van der Waals surface area contributed by atoms with Gasteiger partial charge in [0.2, 0.25) is 0 Å². The SMILES string of the molecule is CCOC(=O)C1=C(C)N=c2s/c(=C/c3ccc(OCc4ccccc4C#N)cc3)c(=O)n2C1c1cccc(OC)c1OCC. The van der Waals surface area contributed by atoms with E-state index in [9.17, 15) is 14.9 Å². The second kappa shape index (κ2) is 13.4. The molecule has 0 fully saturated rings. The maximum Gasteiger partial charge on any atom is 0.338 e. The van der Waals surface area contributed by atoms with Crippen LogP contribution in [0.2, 0.25) is 0 Å². The lowest BCUT2D eigenvalue weighted by Crippen LogP contribution is -2.40. The number of nitriles is 1. The van der Waals surface area contributed by atoms with Crippen molar-refractivity contribution in [2.45, 2.75) is 33.4 Å². The van der Waals surface area contributed by atoms with Gasteiger partial charge in [-0.2, -0.15) is 5.26 Å². The Kier molecular flexibility index (Phi) is 9.26. The molecule has 0 bridgehead atoms. The number of esters is 1. The van der Waals surface area contributed by atoms with Crippen LogP contribution in [-0.4, -0.2) is 30.9 Å². The predicted molar refractivity (Wildman–Crippen MR) is 166 cm³/mol. The number of rotatable bonds is 10. The summed E-state index contributed by atoms with van der Waals surface area (Å²) in [5, 5.41) is 9.32. The molecule has 0 amide bonds. The number of hydrogen-bond acceptors (Lipinski definition) is 9. The van der Waals surface area contributed by atoms with Gasteiger partial charge in [0, 0.05) is 11.1 Å². The molecule has 9 nitrogen and oxygen atoms in total. The Morgan fingerprint density at radius 1 is 1.05 bits per heavy atom. The number of nitrogens with zero attached hydrogens (tertiary/aromatic N) is 3. The highest BCUT2D eigenvalue weighted by Crippen LogP contribution is 2.40. The van der Waals surface area contributed by atoms with E-state index in [1.54, 1.807) is 45.2 Å². The molecule has 1 aliphatic heterocycles. The van der Waals surface area contributed by atoms with Gasteiger partial charge in [-0.15, -0.1) is 0 Å². The molecule has 0 saturated heterocycles. The second-order valence-electron chi connectivity index (χ2n) is 9.74. The van der Waals surface area contributed by atoms with Crippen molar-refractivity contribution < 1.29 is 23.7 Å². The summed E-state index contributed by atoms with van der Waals surface area (Å²) in [4.78, 5) is 32.4. The van der Waals surface area contributed by atoms with Crippen LogP contribution in [0.1, 0.15) is 49.1 Å². The summed E-state index contributed by atoms with van der Waals surface area (Å²) in [5.41, 5.74) is 3.18. The number of carbonyl (C=O) groups is 1. The summed E-state index contributed by atoms with van der Waals surface area (Å²) >= 11 is 1.24. The van der Waals surface area contributed by atoms with Crippen LogP contribution >= 0.6 is 11.3 Å². The third kappa shape index (κ3) is 6.00. The van der Waals surface area contributed by atoms with Crippen molar-refractivity contribution in [2.75, 3.05) is 20.3 Å². The molecule has 0 spiro atoms. The summed E-state index contributed by atoms with van der Waals surface area (Å²) in [6.07, 6.45) is 1.79. The van der Waals surface area contributed by atoms with Gasteiger partial charge in [-0.25, -0.2) is 9.79 Å². The third-order valence-corrected chi connectivity index (χ3v) is 8.02. The maximum absolute atomic E-state index is 14.0. The van der Waals surface area contributed by atoms with Crippen LogP contribution in [0, 0.1) is 11.3 Å². The lowest BCUT2D eigenvalue weighted by molar-refractivity contribution is -0.139. The first kappa shape index (κ1) is 30.3. The van der Waals surface area contributed by atoms with Crippen molar-refractivity contribution >= 4 is 23.4 Å². The molecule has 10 heteroatoms. The van der Waals surface area contributed by atoms with E-state index < -0.39 is 12.0 Å². The first-order chi connectivity index (χ1) is 21.4. The van der Waals surface area contributed by atoms with Gasteiger partial charge >= 0.3 is 5.97 Å². The molecule has 44 heavy (non-hydrogen) atoms. The highest BCUT2D eigenvalue weighted by molar-refractivity contribution is 7.07. The number of carbonyl (C=O) groups excluding carboxylic acids is 1. The number of aromatic nitrogens is 1. The topological polar surface area (TPSA) is 112 Å². The summed E-state index contributed by atoms with van der Waals surface area (Å²) in [6, 6.07) is 21.4. The number of thiazole rings is 1. The minimum absolute atomic E-state index is 0.174. The van der Waals surface area contributed by atoms with Crippen LogP contribution < -0.4 is 29.1 Å². The minimum atomic E-state index is -0.837. The third-order valence-electron chi connectivity index (χ3n) is 7.04. The first-order valence-electron chi connectivity index (χ1n) is 14.1. The van der Waals surface area contributed by atoms with E-state index in [0.717, 1.165) is 11.1 Å². The van der Waals surface area contributed by atoms with E-state index in [-0.39, 0.29) is 24.3 Å². The van der Waals surface area contributed by atoms with E-state index in [1.807, 2.05) is 55.5 Å². The molecule has 3 aromatic carbocycles. The van der Waals surface area contributed by atoms with E-state index in [2.05, 4.69) is 11.1 Å². The highest BCUT2D eigenvalue weighted by atomic mass is 32.1. The minimum Gasteiger partial charge on any atom is -0.493 e. The molecule has 1 atom stereocenters. The lowest BCUT2D eigenvalue weighted by Gasteiger charge is -2.26. The Morgan fingerprint density at radius 3 is 2.52 bits per heavy atom. The van der Waals surface area contributed by atoms with Gasteiger partial charge in [0.25, 0.3) is 5.56 Å². The number of ether oxygens (including phenoxy) is 4. The van der Waals surface area contributed by atoms with Crippen LogP contribution in [0.5, 0.6) is 17.2 Å². The first-order valence-corrected chi connectivity index (χ1v) is 14.9. The number of fused-ring (bicyclic) bond motifs is 1. The van der Waals surface area contributed by atoms with Crippen molar-refractivity contribution in [3.63, 3.8) is 0 Å². The molecule has 4 aromatic rings. The molecule has 0 aliphatic carbocycles. The van der Waals surface area contributed by atoms with E-state index in [0.29, 0.717) is 50.0 Å². The van der Waals surface area contributed by atoms with Crippen LogP contribution in [-0.2, 0) is 16.1 Å². The van der Waals surface area contributed by atoms with Crippen molar-refractivity contribution in [1.29, 1.82) is 5.26 Å². The molecule has 2 heterocycles. The second-order valence-corrected chi connectivity index (χ2v) is 10.7. The van der Waals surface area contributed by atoms with Gasteiger partial charge in [0.1, 0.15) is 18.4 Å². The monoisotopic (exact) mass is 609 g/mol. The number of benzene rings is 3. The number of methoxy groups -OCH3 is 1. The Balaban J connectivity index is 1.55. The molecule has 224 valence electrons. The molecule has 0 N–H and O–H groups in total. The lowest BCUT2D eigenvalue weighted by atomic mass is 9.94. The Morgan fingerprint density at radius 2 is 1.82 bits per heavy atom. The van der Waals surface area contributed by atoms with Crippen LogP contribution in [0.3, 0.4) is 0 Å². The largest absolute Gasteiger partial charge is 0.493 e.